The van der Waals surface area contributed by atoms with Crippen LogP contribution in [0.5, 0.6) is 0 Å². The molecule has 0 saturated carbocycles. The van der Waals surface area contributed by atoms with Crippen LogP contribution in [0, 0.1) is 5.92 Å². The molecule has 0 radical (unpaired) electrons. The van der Waals surface area contributed by atoms with E-state index in [1.807, 2.05) is 0 Å². The van der Waals surface area contributed by atoms with E-state index in [0.717, 1.165) is 45.1 Å². The number of piperazine rings is 1. The molecule has 0 bridgehead atoms. The van der Waals surface area contributed by atoms with Crippen LogP contribution in [-0.4, -0.2) is 31.1 Å². The number of alkyl halides is 3. The molecule has 0 amide bonds. The molecule has 0 aromatic heterocycles. The summed E-state index contributed by atoms with van der Waals surface area (Å²) in [7, 11) is 0. The first-order chi connectivity index (χ1) is 10.8. The fourth-order valence-corrected chi connectivity index (χ4v) is 3.24. The van der Waals surface area contributed by atoms with Crippen molar-refractivity contribution in [1.29, 1.82) is 0 Å². The van der Waals surface area contributed by atoms with E-state index in [9.17, 15) is 13.2 Å². The number of nitrogens with zero attached hydrogens (tertiary/aromatic N) is 1. The number of halogens is 6. The Bertz CT molecular complexity index is 518. The molecular formula is C17H26Cl3F3N2. The second-order valence-electron chi connectivity index (χ2n) is 6.51. The highest BCUT2D eigenvalue weighted by atomic mass is 35.5. The lowest BCUT2D eigenvalue weighted by Gasteiger charge is -2.36. The molecule has 1 N–H and O–H groups in total. The maximum atomic E-state index is 13.1. The predicted molar refractivity (Wildman–Crippen MR) is 102 cm³/mol. The summed E-state index contributed by atoms with van der Waals surface area (Å²) in [5.74, 6) is 0.505. The lowest BCUT2D eigenvalue weighted by molar-refractivity contribution is -0.137. The molecule has 1 heterocycles. The van der Waals surface area contributed by atoms with Gasteiger partial charge in [0.05, 0.1) is 5.56 Å². The van der Waals surface area contributed by atoms with E-state index >= 15 is 0 Å². The second-order valence-corrected chi connectivity index (χ2v) is 6.91. The van der Waals surface area contributed by atoms with Gasteiger partial charge in [-0.25, -0.2) is 0 Å². The Kier molecular flexibility index (Phi) is 10.7. The maximum Gasteiger partial charge on any atom is 0.416 e. The quantitative estimate of drug-likeness (QED) is 0.667. The van der Waals surface area contributed by atoms with Crippen LogP contribution in [0.4, 0.5) is 13.2 Å². The average molecular weight is 422 g/mol. The van der Waals surface area contributed by atoms with E-state index in [1.54, 1.807) is 0 Å². The van der Waals surface area contributed by atoms with Crippen LogP contribution in [0.15, 0.2) is 18.2 Å². The SMILES string of the molecule is CC(C)CC[C@H](c1cc(C(F)(F)F)ccc1Cl)N1CCNCC1.Cl.Cl. The Morgan fingerprint density at radius 1 is 1.12 bits per heavy atom. The first kappa shape index (κ1) is 24.8. The molecule has 1 aliphatic rings. The third kappa shape index (κ3) is 7.14. The van der Waals surface area contributed by atoms with Gasteiger partial charge in [0.15, 0.2) is 0 Å². The minimum Gasteiger partial charge on any atom is -0.314 e. The normalized spacial score (nSPS) is 16.9. The third-order valence-corrected chi connectivity index (χ3v) is 4.64. The van der Waals surface area contributed by atoms with Crippen molar-refractivity contribution in [3.8, 4) is 0 Å². The first-order valence-electron chi connectivity index (χ1n) is 8.10. The molecule has 1 atom stereocenters. The summed E-state index contributed by atoms with van der Waals surface area (Å²) in [6.45, 7) is 7.62. The van der Waals surface area contributed by atoms with Crippen LogP contribution in [0.2, 0.25) is 5.02 Å². The second kappa shape index (κ2) is 10.8. The number of benzene rings is 1. The van der Waals surface area contributed by atoms with Gasteiger partial charge in [-0.2, -0.15) is 13.2 Å². The van der Waals surface area contributed by atoms with Crippen LogP contribution < -0.4 is 5.32 Å². The van der Waals surface area contributed by atoms with Gasteiger partial charge in [-0.1, -0.05) is 25.4 Å². The van der Waals surface area contributed by atoms with Crippen LogP contribution in [0.3, 0.4) is 0 Å². The lowest BCUT2D eigenvalue weighted by Crippen LogP contribution is -2.45. The van der Waals surface area contributed by atoms with Crippen molar-refractivity contribution in [1.82, 2.24) is 10.2 Å². The van der Waals surface area contributed by atoms with Gasteiger partial charge in [0.2, 0.25) is 0 Å². The zero-order chi connectivity index (χ0) is 17.0. The molecule has 25 heavy (non-hydrogen) atoms. The summed E-state index contributed by atoms with van der Waals surface area (Å²) >= 11 is 6.27. The largest absolute Gasteiger partial charge is 0.416 e. The number of nitrogens with one attached hydrogen (secondary N) is 1. The Morgan fingerprint density at radius 3 is 2.24 bits per heavy atom. The molecular weight excluding hydrogens is 396 g/mol. The highest BCUT2D eigenvalue weighted by molar-refractivity contribution is 6.31. The van der Waals surface area contributed by atoms with Gasteiger partial charge in [-0.15, -0.1) is 24.8 Å². The van der Waals surface area contributed by atoms with Gasteiger partial charge >= 0.3 is 6.18 Å². The van der Waals surface area contributed by atoms with Gasteiger partial charge in [0.1, 0.15) is 0 Å². The highest BCUT2D eigenvalue weighted by Gasteiger charge is 2.33. The molecule has 8 heteroatoms. The topological polar surface area (TPSA) is 15.3 Å². The molecule has 1 fully saturated rings. The monoisotopic (exact) mass is 420 g/mol. The fourth-order valence-electron chi connectivity index (χ4n) is 3.00. The van der Waals surface area contributed by atoms with Crippen molar-refractivity contribution >= 4 is 36.4 Å². The van der Waals surface area contributed by atoms with Crippen LogP contribution in [0.25, 0.3) is 0 Å². The molecule has 1 aliphatic heterocycles. The number of hydrogen-bond donors (Lipinski definition) is 1. The molecule has 1 aromatic carbocycles. The van der Waals surface area contributed by atoms with Gasteiger partial charge in [-0.3, -0.25) is 4.90 Å². The minimum absolute atomic E-state index is 0. The average Bonchev–Trinajstić information content (AvgIpc) is 2.48. The summed E-state index contributed by atoms with van der Waals surface area (Å²) in [4.78, 5) is 2.25. The number of rotatable bonds is 5. The Balaban J connectivity index is 0.00000288. The molecule has 2 rings (SSSR count). The summed E-state index contributed by atoms with van der Waals surface area (Å²) in [6, 6.07) is 3.61. The number of hydrogen-bond acceptors (Lipinski definition) is 2. The van der Waals surface area contributed by atoms with Crippen molar-refractivity contribution < 1.29 is 13.2 Å². The van der Waals surface area contributed by atoms with E-state index in [-0.39, 0.29) is 30.9 Å². The maximum absolute atomic E-state index is 13.1. The molecule has 0 unspecified atom stereocenters. The summed E-state index contributed by atoms with van der Waals surface area (Å²) in [5, 5.41) is 3.70. The summed E-state index contributed by atoms with van der Waals surface area (Å²) < 4.78 is 39.2. The van der Waals surface area contributed by atoms with E-state index in [2.05, 4.69) is 24.1 Å². The third-order valence-electron chi connectivity index (χ3n) is 4.29. The molecule has 0 spiro atoms. The Morgan fingerprint density at radius 2 is 1.72 bits per heavy atom. The fraction of sp³-hybridized carbons (Fsp3) is 0.647. The van der Waals surface area contributed by atoms with Gasteiger partial charge in [0, 0.05) is 37.2 Å². The summed E-state index contributed by atoms with van der Waals surface area (Å²) in [5.41, 5.74) is -0.0226. The van der Waals surface area contributed by atoms with Gasteiger partial charge < -0.3 is 5.32 Å². The minimum atomic E-state index is -4.34. The predicted octanol–water partition coefficient (Wildman–Crippen LogP) is 5.58. The van der Waals surface area contributed by atoms with E-state index < -0.39 is 11.7 Å². The molecule has 0 aliphatic carbocycles. The van der Waals surface area contributed by atoms with Crippen molar-refractivity contribution in [2.24, 2.45) is 5.92 Å². The van der Waals surface area contributed by atoms with E-state index in [1.165, 1.54) is 12.1 Å². The molecule has 146 valence electrons. The smallest absolute Gasteiger partial charge is 0.314 e. The van der Waals surface area contributed by atoms with Crippen molar-refractivity contribution in [3.05, 3.63) is 34.3 Å². The van der Waals surface area contributed by atoms with E-state index in [0.29, 0.717) is 16.5 Å². The van der Waals surface area contributed by atoms with Crippen molar-refractivity contribution in [3.63, 3.8) is 0 Å². The standard InChI is InChI=1S/C17H24ClF3N2.2ClH/c1-12(2)3-6-16(23-9-7-22-8-10-23)14-11-13(17(19,20)21)4-5-15(14)18;;/h4-5,11-12,16,22H,3,6-10H2,1-2H3;2*1H/t16-;;/m1../s1. The first-order valence-corrected chi connectivity index (χ1v) is 8.48. The molecule has 1 saturated heterocycles. The summed E-state index contributed by atoms with van der Waals surface area (Å²) in [6.07, 6.45) is -2.56. The van der Waals surface area contributed by atoms with E-state index in [4.69, 9.17) is 11.6 Å². The lowest BCUT2D eigenvalue weighted by atomic mass is 9.94. The zero-order valence-electron chi connectivity index (χ0n) is 14.4. The van der Waals surface area contributed by atoms with Crippen LogP contribution >= 0.6 is 36.4 Å². The Labute approximate surface area is 165 Å². The van der Waals surface area contributed by atoms with Crippen LogP contribution in [0.1, 0.15) is 43.9 Å². The molecule has 1 aromatic rings. The molecule has 2 nitrogen and oxygen atoms in total. The highest BCUT2D eigenvalue weighted by Crippen LogP contribution is 2.37. The van der Waals surface area contributed by atoms with Gasteiger partial charge in [0.25, 0.3) is 0 Å². The Hall–Kier alpha value is -0.200. The van der Waals surface area contributed by atoms with Crippen molar-refractivity contribution in [2.45, 2.75) is 38.9 Å². The van der Waals surface area contributed by atoms with Crippen molar-refractivity contribution in [2.75, 3.05) is 26.2 Å². The van der Waals surface area contributed by atoms with Gasteiger partial charge in [-0.05, 0) is 42.5 Å². The zero-order valence-corrected chi connectivity index (χ0v) is 16.8. The van der Waals surface area contributed by atoms with Crippen LogP contribution in [-0.2, 0) is 6.18 Å².